The number of hydrogen-bond donors (Lipinski definition) is 1. The highest BCUT2D eigenvalue weighted by atomic mass is 16.1. The minimum atomic E-state index is -0.0895. The fourth-order valence-corrected chi connectivity index (χ4v) is 2.81. The third kappa shape index (κ3) is 4.91. The van der Waals surface area contributed by atoms with Crippen LogP contribution in [0.25, 0.3) is 11.3 Å². The van der Waals surface area contributed by atoms with Crippen molar-refractivity contribution in [2.24, 2.45) is 0 Å². The molecule has 0 bridgehead atoms. The van der Waals surface area contributed by atoms with Gasteiger partial charge in [-0.1, -0.05) is 18.2 Å². The van der Waals surface area contributed by atoms with E-state index in [1.807, 2.05) is 62.5 Å². The molecule has 28 heavy (non-hydrogen) atoms. The molecule has 6 heteroatoms. The number of carbonyl (C=O) groups is 1. The van der Waals surface area contributed by atoms with Gasteiger partial charge in [-0.05, 0) is 38.1 Å². The van der Waals surface area contributed by atoms with Gasteiger partial charge in [0.05, 0.1) is 5.69 Å². The first-order valence-corrected chi connectivity index (χ1v) is 9.41. The second kappa shape index (κ2) is 9.08. The molecule has 0 spiro atoms. The molecule has 0 aliphatic rings. The van der Waals surface area contributed by atoms with Gasteiger partial charge in [-0.3, -0.25) is 9.78 Å². The normalized spacial score (nSPS) is 10.5. The number of hydrogen-bond acceptors (Lipinski definition) is 5. The molecule has 1 amide bonds. The number of nitrogens with one attached hydrogen (secondary N) is 1. The quantitative estimate of drug-likeness (QED) is 0.686. The summed E-state index contributed by atoms with van der Waals surface area (Å²) in [7, 11) is 1.99. The van der Waals surface area contributed by atoms with Gasteiger partial charge in [-0.15, -0.1) is 0 Å². The number of nitrogens with zero attached hydrogens (tertiary/aromatic N) is 4. The van der Waals surface area contributed by atoms with Crippen molar-refractivity contribution < 1.29 is 4.79 Å². The maximum Gasteiger partial charge on any atom is 0.251 e. The minimum Gasteiger partial charge on any atom is -0.360 e. The predicted molar refractivity (Wildman–Crippen MR) is 111 cm³/mol. The lowest BCUT2D eigenvalue weighted by atomic mass is 10.1. The molecule has 1 aromatic carbocycles. The minimum absolute atomic E-state index is 0.0895. The van der Waals surface area contributed by atoms with Gasteiger partial charge < -0.3 is 10.2 Å². The molecule has 0 saturated carbocycles. The Labute approximate surface area is 165 Å². The van der Waals surface area contributed by atoms with Crippen molar-refractivity contribution >= 4 is 11.7 Å². The van der Waals surface area contributed by atoms with E-state index in [9.17, 15) is 4.79 Å². The molecule has 6 nitrogen and oxygen atoms in total. The molecule has 2 aromatic heterocycles. The molecule has 0 radical (unpaired) electrons. The molecule has 0 fully saturated rings. The maximum atomic E-state index is 12.4. The fourth-order valence-electron chi connectivity index (χ4n) is 2.81. The molecule has 3 rings (SSSR count). The number of amides is 1. The van der Waals surface area contributed by atoms with Crippen LogP contribution in [0.3, 0.4) is 0 Å². The van der Waals surface area contributed by atoms with Gasteiger partial charge in [-0.25, -0.2) is 9.97 Å². The summed E-state index contributed by atoms with van der Waals surface area (Å²) in [6, 6.07) is 15.3. The van der Waals surface area contributed by atoms with Crippen molar-refractivity contribution in [2.75, 3.05) is 25.0 Å². The van der Waals surface area contributed by atoms with Gasteiger partial charge in [0, 0.05) is 55.1 Å². The first-order chi connectivity index (χ1) is 13.6. The van der Waals surface area contributed by atoms with Crippen LogP contribution in [-0.4, -0.2) is 41.0 Å². The van der Waals surface area contributed by atoms with Crippen LogP contribution in [0.15, 0.2) is 54.9 Å². The molecule has 0 saturated heterocycles. The summed E-state index contributed by atoms with van der Waals surface area (Å²) < 4.78 is 0. The lowest BCUT2D eigenvalue weighted by molar-refractivity contribution is 0.0954. The number of rotatable bonds is 7. The van der Waals surface area contributed by atoms with Crippen molar-refractivity contribution in [2.45, 2.75) is 20.3 Å². The summed E-state index contributed by atoms with van der Waals surface area (Å²) in [5.74, 6) is 0.785. The van der Waals surface area contributed by atoms with Gasteiger partial charge in [0.1, 0.15) is 12.1 Å². The molecule has 144 valence electrons. The van der Waals surface area contributed by atoms with Gasteiger partial charge >= 0.3 is 0 Å². The molecule has 0 atom stereocenters. The number of carbonyl (C=O) groups excluding carboxylic acids is 1. The Kier molecular flexibility index (Phi) is 6.32. The third-order valence-electron chi connectivity index (χ3n) is 4.57. The second-order valence-electron chi connectivity index (χ2n) is 6.63. The Morgan fingerprint density at radius 2 is 1.89 bits per heavy atom. The number of benzene rings is 1. The first kappa shape index (κ1) is 19.5. The van der Waals surface area contributed by atoms with Crippen LogP contribution in [0.1, 0.15) is 28.7 Å². The Bertz CT molecular complexity index is 940. The molecule has 3 aromatic rings. The molecule has 0 aliphatic carbocycles. The SMILES string of the molecule is CCN(C)c1cc(-c2ccc(C(=O)NCCc3cccc(C)n3)cc2)ncn1. The van der Waals surface area contributed by atoms with E-state index in [4.69, 9.17) is 0 Å². The lowest BCUT2D eigenvalue weighted by Gasteiger charge is -2.15. The average Bonchev–Trinajstić information content (AvgIpc) is 2.73. The molecule has 1 N–H and O–H groups in total. The summed E-state index contributed by atoms with van der Waals surface area (Å²) in [5, 5.41) is 2.95. The molecule has 0 aliphatic heterocycles. The highest BCUT2D eigenvalue weighted by Gasteiger charge is 2.08. The third-order valence-corrected chi connectivity index (χ3v) is 4.57. The molecule has 2 heterocycles. The van der Waals surface area contributed by atoms with Crippen LogP contribution in [0.4, 0.5) is 5.82 Å². The summed E-state index contributed by atoms with van der Waals surface area (Å²) >= 11 is 0. The van der Waals surface area contributed by atoms with Gasteiger partial charge in [0.2, 0.25) is 0 Å². The van der Waals surface area contributed by atoms with Gasteiger partial charge in [0.15, 0.2) is 0 Å². The summed E-state index contributed by atoms with van der Waals surface area (Å²) in [5.41, 5.74) is 4.38. The van der Waals surface area contributed by atoms with Crippen LogP contribution >= 0.6 is 0 Å². The predicted octanol–water partition coefficient (Wildman–Crippen LogP) is 3.28. The molecular formula is C22H25N5O. The highest BCUT2D eigenvalue weighted by Crippen LogP contribution is 2.20. The lowest BCUT2D eigenvalue weighted by Crippen LogP contribution is -2.25. The maximum absolute atomic E-state index is 12.4. The fraction of sp³-hybridized carbons (Fsp3) is 0.273. The average molecular weight is 375 g/mol. The Hall–Kier alpha value is -3.28. The van der Waals surface area contributed by atoms with E-state index in [0.717, 1.165) is 35.0 Å². The largest absolute Gasteiger partial charge is 0.360 e. The Morgan fingerprint density at radius 3 is 2.61 bits per heavy atom. The van der Waals surface area contributed by atoms with E-state index < -0.39 is 0 Å². The monoisotopic (exact) mass is 375 g/mol. The Balaban J connectivity index is 1.61. The van der Waals surface area contributed by atoms with E-state index >= 15 is 0 Å². The zero-order valence-corrected chi connectivity index (χ0v) is 16.5. The van der Waals surface area contributed by atoms with Crippen LogP contribution in [-0.2, 0) is 6.42 Å². The second-order valence-corrected chi connectivity index (χ2v) is 6.63. The van der Waals surface area contributed by atoms with Crippen molar-refractivity contribution in [3.8, 4) is 11.3 Å². The number of aryl methyl sites for hydroxylation is 1. The Morgan fingerprint density at radius 1 is 1.11 bits per heavy atom. The highest BCUT2D eigenvalue weighted by molar-refractivity contribution is 5.94. The summed E-state index contributed by atoms with van der Waals surface area (Å²) in [4.78, 5) is 27.5. The van der Waals surface area contributed by atoms with Crippen molar-refractivity contribution in [1.82, 2.24) is 20.3 Å². The van der Waals surface area contributed by atoms with E-state index in [0.29, 0.717) is 18.5 Å². The van der Waals surface area contributed by atoms with Crippen molar-refractivity contribution in [3.05, 3.63) is 71.8 Å². The van der Waals surface area contributed by atoms with Crippen molar-refractivity contribution in [1.29, 1.82) is 0 Å². The molecule has 0 unspecified atom stereocenters. The van der Waals surface area contributed by atoms with E-state index in [2.05, 4.69) is 32.1 Å². The number of pyridine rings is 1. The zero-order valence-electron chi connectivity index (χ0n) is 16.5. The van der Waals surface area contributed by atoms with Crippen molar-refractivity contribution in [3.63, 3.8) is 0 Å². The van der Waals surface area contributed by atoms with Crippen LogP contribution in [0.2, 0.25) is 0 Å². The summed E-state index contributed by atoms with van der Waals surface area (Å²) in [6.45, 7) is 5.46. The van der Waals surface area contributed by atoms with E-state index in [-0.39, 0.29) is 5.91 Å². The van der Waals surface area contributed by atoms with Crippen LogP contribution in [0, 0.1) is 6.92 Å². The van der Waals surface area contributed by atoms with E-state index in [1.54, 1.807) is 6.33 Å². The number of aromatic nitrogens is 3. The topological polar surface area (TPSA) is 71.0 Å². The smallest absolute Gasteiger partial charge is 0.251 e. The van der Waals surface area contributed by atoms with Gasteiger partial charge in [0.25, 0.3) is 5.91 Å². The zero-order chi connectivity index (χ0) is 19.9. The van der Waals surface area contributed by atoms with Crippen LogP contribution in [0.5, 0.6) is 0 Å². The standard InChI is InChI=1S/C22H25N5O/c1-4-27(3)21-14-20(24-15-25-21)17-8-10-18(11-9-17)22(28)23-13-12-19-7-5-6-16(2)26-19/h5-11,14-15H,4,12-13H2,1-3H3,(H,23,28). The molecular weight excluding hydrogens is 350 g/mol. The van der Waals surface area contributed by atoms with E-state index in [1.165, 1.54) is 0 Å². The summed E-state index contributed by atoms with van der Waals surface area (Å²) in [6.07, 6.45) is 2.27. The number of anilines is 1. The van der Waals surface area contributed by atoms with Crippen LogP contribution < -0.4 is 10.2 Å². The first-order valence-electron chi connectivity index (χ1n) is 9.41. The van der Waals surface area contributed by atoms with Gasteiger partial charge in [-0.2, -0.15) is 0 Å².